The van der Waals surface area contributed by atoms with Crippen molar-refractivity contribution < 1.29 is 13.9 Å². The lowest BCUT2D eigenvalue weighted by molar-refractivity contribution is 0.0601. The first kappa shape index (κ1) is 14.8. The van der Waals surface area contributed by atoms with Gasteiger partial charge in [-0.15, -0.1) is 0 Å². The van der Waals surface area contributed by atoms with Crippen LogP contribution >= 0.6 is 11.8 Å². The van der Waals surface area contributed by atoms with Crippen molar-refractivity contribution in [2.24, 2.45) is 0 Å². The number of thioether (sulfide) groups is 1. The van der Waals surface area contributed by atoms with Crippen molar-refractivity contribution in [1.82, 2.24) is 0 Å². The number of halogens is 1. The predicted molar refractivity (Wildman–Crippen MR) is 73.8 cm³/mol. The Morgan fingerprint density at radius 3 is 2.89 bits per heavy atom. The minimum absolute atomic E-state index is 0.238. The topological polar surface area (TPSA) is 38.3 Å². The standard InChI is InChI=1S/C13H18FNO2S/c1-17-13(16)11-9-10(14)5-6-12(11)15-7-3-4-8-18-2/h5-6,9,15H,3-4,7-8H2,1-2H3. The summed E-state index contributed by atoms with van der Waals surface area (Å²) >= 11 is 1.81. The summed E-state index contributed by atoms with van der Waals surface area (Å²) in [6.07, 6.45) is 4.20. The molecule has 0 aliphatic heterocycles. The largest absolute Gasteiger partial charge is 0.465 e. The molecule has 0 unspecified atom stereocenters. The van der Waals surface area contributed by atoms with Gasteiger partial charge in [-0.2, -0.15) is 11.8 Å². The van der Waals surface area contributed by atoms with Crippen LogP contribution in [0.15, 0.2) is 18.2 Å². The van der Waals surface area contributed by atoms with Crippen LogP contribution < -0.4 is 5.32 Å². The zero-order valence-electron chi connectivity index (χ0n) is 10.7. The van der Waals surface area contributed by atoms with E-state index in [4.69, 9.17) is 0 Å². The zero-order valence-corrected chi connectivity index (χ0v) is 11.5. The second-order valence-corrected chi connectivity index (χ2v) is 4.79. The van der Waals surface area contributed by atoms with Gasteiger partial charge in [-0.3, -0.25) is 0 Å². The van der Waals surface area contributed by atoms with Crippen LogP contribution in [-0.4, -0.2) is 31.6 Å². The number of ether oxygens (including phenoxy) is 1. The summed E-state index contributed by atoms with van der Waals surface area (Å²) in [7, 11) is 1.29. The highest BCUT2D eigenvalue weighted by Gasteiger charge is 2.12. The molecular formula is C13H18FNO2S. The van der Waals surface area contributed by atoms with E-state index in [0.717, 1.165) is 25.1 Å². The molecule has 0 bridgehead atoms. The first-order valence-electron chi connectivity index (χ1n) is 5.79. The Kier molecular flexibility index (Phi) is 6.57. The van der Waals surface area contributed by atoms with Gasteiger partial charge >= 0.3 is 5.97 Å². The number of carbonyl (C=O) groups excluding carboxylic acids is 1. The lowest BCUT2D eigenvalue weighted by Gasteiger charge is -2.10. The summed E-state index contributed by atoms with van der Waals surface area (Å²) in [5.41, 5.74) is 0.856. The van der Waals surface area contributed by atoms with Gasteiger partial charge in [0.05, 0.1) is 12.7 Å². The van der Waals surface area contributed by atoms with Crippen LogP contribution in [0.5, 0.6) is 0 Å². The summed E-state index contributed by atoms with van der Waals surface area (Å²) < 4.78 is 17.7. The molecule has 0 saturated carbocycles. The van der Waals surface area contributed by atoms with Gasteiger partial charge in [0.25, 0.3) is 0 Å². The highest BCUT2D eigenvalue weighted by Crippen LogP contribution is 2.18. The van der Waals surface area contributed by atoms with Crippen molar-refractivity contribution >= 4 is 23.4 Å². The summed E-state index contributed by atoms with van der Waals surface area (Å²) in [6, 6.07) is 4.09. The Hall–Kier alpha value is -1.23. The molecule has 0 saturated heterocycles. The number of hydrogen-bond acceptors (Lipinski definition) is 4. The van der Waals surface area contributed by atoms with Gasteiger partial charge in [0.1, 0.15) is 5.82 Å². The normalized spacial score (nSPS) is 10.2. The third-order valence-electron chi connectivity index (χ3n) is 2.48. The van der Waals surface area contributed by atoms with E-state index in [-0.39, 0.29) is 5.56 Å². The van der Waals surface area contributed by atoms with E-state index in [1.54, 1.807) is 6.07 Å². The molecule has 0 amide bonds. The Balaban J connectivity index is 2.61. The van der Waals surface area contributed by atoms with E-state index in [1.807, 2.05) is 11.8 Å². The molecule has 1 rings (SSSR count). The van der Waals surface area contributed by atoms with Gasteiger partial charge in [0.15, 0.2) is 0 Å². The zero-order chi connectivity index (χ0) is 13.4. The number of methoxy groups -OCH3 is 1. The van der Waals surface area contributed by atoms with Gasteiger partial charge in [0.2, 0.25) is 0 Å². The SMILES string of the molecule is COC(=O)c1cc(F)ccc1NCCCCSC. The summed E-state index contributed by atoms with van der Waals surface area (Å²) in [6.45, 7) is 0.760. The maximum Gasteiger partial charge on any atom is 0.340 e. The van der Waals surface area contributed by atoms with Crippen LogP contribution in [0.3, 0.4) is 0 Å². The number of rotatable bonds is 7. The Bertz CT molecular complexity index is 399. The van der Waals surface area contributed by atoms with E-state index < -0.39 is 11.8 Å². The predicted octanol–water partition coefficient (Wildman–Crippen LogP) is 3.17. The molecule has 0 heterocycles. The third kappa shape index (κ3) is 4.56. The number of hydrogen-bond donors (Lipinski definition) is 1. The van der Waals surface area contributed by atoms with Crippen LogP contribution in [0.2, 0.25) is 0 Å². The van der Waals surface area contributed by atoms with Crippen LogP contribution in [-0.2, 0) is 4.74 Å². The van der Waals surface area contributed by atoms with Gasteiger partial charge in [-0.1, -0.05) is 0 Å². The minimum atomic E-state index is -0.527. The van der Waals surface area contributed by atoms with Gasteiger partial charge in [0, 0.05) is 12.2 Å². The van der Waals surface area contributed by atoms with Crippen LogP contribution in [0.25, 0.3) is 0 Å². The fraction of sp³-hybridized carbons (Fsp3) is 0.462. The van der Waals surface area contributed by atoms with Crippen molar-refractivity contribution in [3.05, 3.63) is 29.6 Å². The number of nitrogens with one attached hydrogen (secondary N) is 1. The van der Waals surface area contributed by atoms with E-state index in [2.05, 4.69) is 16.3 Å². The molecule has 0 aliphatic rings. The lowest BCUT2D eigenvalue weighted by atomic mass is 10.1. The fourth-order valence-corrected chi connectivity index (χ4v) is 2.04. The fourth-order valence-electron chi connectivity index (χ4n) is 1.54. The number of esters is 1. The maximum atomic E-state index is 13.1. The number of unbranched alkanes of at least 4 members (excludes halogenated alkanes) is 1. The van der Waals surface area contributed by atoms with Crippen molar-refractivity contribution in [2.75, 3.05) is 31.0 Å². The lowest BCUT2D eigenvalue weighted by Crippen LogP contribution is -2.10. The molecule has 0 atom stereocenters. The highest BCUT2D eigenvalue weighted by molar-refractivity contribution is 7.98. The Morgan fingerprint density at radius 1 is 1.44 bits per heavy atom. The molecule has 0 aromatic heterocycles. The van der Waals surface area contributed by atoms with E-state index >= 15 is 0 Å². The summed E-state index contributed by atoms with van der Waals surface area (Å²) in [5, 5.41) is 3.14. The minimum Gasteiger partial charge on any atom is -0.465 e. The average Bonchev–Trinajstić information content (AvgIpc) is 2.39. The first-order valence-corrected chi connectivity index (χ1v) is 7.19. The Morgan fingerprint density at radius 2 is 2.22 bits per heavy atom. The van der Waals surface area contributed by atoms with Gasteiger partial charge in [-0.25, -0.2) is 9.18 Å². The summed E-state index contributed by atoms with van der Waals surface area (Å²) in [5.74, 6) is 0.152. The van der Waals surface area contributed by atoms with E-state index in [0.29, 0.717) is 5.69 Å². The van der Waals surface area contributed by atoms with Gasteiger partial charge in [-0.05, 0) is 43.0 Å². The van der Waals surface area contributed by atoms with Crippen molar-refractivity contribution in [3.8, 4) is 0 Å². The second kappa shape index (κ2) is 7.97. The van der Waals surface area contributed by atoms with E-state index in [1.165, 1.54) is 19.2 Å². The number of carbonyl (C=O) groups is 1. The average molecular weight is 271 g/mol. The van der Waals surface area contributed by atoms with Crippen molar-refractivity contribution in [1.29, 1.82) is 0 Å². The number of benzene rings is 1. The highest BCUT2D eigenvalue weighted by atomic mass is 32.2. The molecule has 100 valence electrons. The van der Waals surface area contributed by atoms with Crippen LogP contribution in [0, 0.1) is 5.82 Å². The van der Waals surface area contributed by atoms with E-state index in [9.17, 15) is 9.18 Å². The molecule has 0 radical (unpaired) electrons. The molecule has 3 nitrogen and oxygen atoms in total. The van der Waals surface area contributed by atoms with Crippen LogP contribution in [0.1, 0.15) is 23.2 Å². The Labute approximate surface area is 111 Å². The molecule has 1 aromatic carbocycles. The van der Waals surface area contributed by atoms with Crippen LogP contribution in [0.4, 0.5) is 10.1 Å². The maximum absolute atomic E-state index is 13.1. The molecule has 0 aliphatic carbocycles. The third-order valence-corrected chi connectivity index (χ3v) is 3.17. The number of anilines is 1. The molecule has 0 fully saturated rings. The molecular weight excluding hydrogens is 253 g/mol. The molecule has 0 spiro atoms. The monoisotopic (exact) mass is 271 g/mol. The quantitative estimate of drug-likeness (QED) is 0.610. The molecule has 5 heteroatoms. The van der Waals surface area contributed by atoms with Gasteiger partial charge < -0.3 is 10.1 Å². The van der Waals surface area contributed by atoms with Crippen molar-refractivity contribution in [3.63, 3.8) is 0 Å². The molecule has 1 N–H and O–H groups in total. The second-order valence-electron chi connectivity index (χ2n) is 3.81. The molecule has 18 heavy (non-hydrogen) atoms. The smallest absolute Gasteiger partial charge is 0.340 e. The molecule has 1 aromatic rings. The first-order chi connectivity index (χ1) is 8.69. The van der Waals surface area contributed by atoms with Crippen molar-refractivity contribution in [2.45, 2.75) is 12.8 Å². The summed E-state index contributed by atoms with van der Waals surface area (Å²) in [4.78, 5) is 11.5.